The molecule has 2 rings (SSSR count). The van der Waals surface area contributed by atoms with Crippen molar-refractivity contribution in [2.75, 3.05) is 5.32 Å². The van der Waals surface area contributed by atoms with E-state index in [-0.39, 0.29) is 5.56 Å². The molecule has 0 spiro atoms. The highest BCUT2D eigenvalue weighted by Gasteiger charge is 2.05. The lowest BCUT2D eigenvalue weighted by Crippen LogP contribution is -2.00. The minimum absolute atomic E-state index is 0.0664. The molecule has 0 fully saturated rings. The van der Waals surface area contributed by atoms with Crippen LogP contribution in [0, 0.1) is 0 Å². The third kappa shape index (κ3) is 3.78. The highest BCUT2D eigenvalue weighted by Crippen LogP contribution is 2.19. The van der Waals surface area contributed by atoms with Gasteiger partial charge in [0, 0.05) is 17.8 Å². The van der Waals surface area contributed by atoms with Crippen LogP contribution in [-0.4, -0.2) is 0 Å². The molecular weight excluding hydrogens is 244 g/mol. The molecule has 0 atom stereocenters. The predicted octanol–water partition coefficient (Wildman–Crippen LogP) is 4.80. The van der Waals surface area contributed by atoms with Crippen LogP contribution in [0.3, 0.4) is 0 Å². The zero-order chi connectivity index (χ0) is 13.7. The van der Waals surface area contributed by atoms with Gasteiger partial charge in [-0.05, 0) is 29.7 Å². The van der Waals surface area contributed by atoms with Crippen molar-refractivity contribution in [3.05, 3.63) is 65.2 Å². The van der Waals surface area contributed by atoms with Crippen molar-refractivity contribution in [3.63, 3.8) is 0 Å². The molecule has 1 N–H and O–H groups in total. The van der Waals surface area contributed by atoms with Crippen LogP contribution in [-0.2, 0) is 13.0 Å². The van der Waals surface area contributed by atoms with Gasteiger partial charge in [0.25, 0.3) is 6.43 Å². The molecule has 0 unspecified atom stereocenters. The molecular formula is C16H17F2N. The Morgan fingerprint density at radius 1 is 1.00 bits per heavy atom. The van der Waals surface area contributed by atoms with E-state index >= 15 is 0 Å². The Morgan fingerprint density at radius 3 is 2.37 bits per heavy atom. The molecule has 0 amide bonds. The molecule has 0 radical (unpaired) electrons. The van der Waals surface area contributed by atoms with Gasteiger partial charge in [-0.1, -0.05) is 43.3 Å². The van der Waals surface area contributed by atoms with Gasteiger partial charge in [-0.3, -0.25) is 0 Å². The Hall–Kier alpha value is -1.90. The molecule has 3 heteroatoms. The van der Waals surface area contributed by atoms with Gasteiger partial charge >= 0.3 is 0 Å². The molecule has 2 aromatic carbocycles. The highest BCUT2D eigenvalue weighted by molar-refractivity contribution is 5.46. The van der Waals surface area contributed by atoms with Crippen LogP contribution in [0.15, 0.2) is 48.5 Å². The van der Waals surface area contributed by atoms with Crippen molar-refractivity contribution >= 4 is 5.69 Å². The molecule has 0 aliphatic rings. The van der Waals surface area contributed by atoms with Crippen LogP contribution in [0.4, 0.5) is 14.5 Å². The molecule has 2 aromatic rings. The van der Waals surface area contributed by atoms with Crippen LogP contribution in [0.1, 0.15) is 30.0 Å². The van der Waals surface area contributed by atoms with Gasteiger partial charge in [0.15, 0.2) is 0 Å². The molecule has 0 aliphatic carbocycles. The summed E-state index contributed by atoms with van der Waals surface area (Å²) >= 11 is 0. The Kier molecular flexibility index (Phi) is 4.50. The minimum atomic E-state index is -2.40. The van der Waals surface area contributed by atoms with E-state index in [4.69, 9.17) is 0 Å². The highest BCUT2D eigenvalue weighted by atomic mass is 19.3. The molecule has 1 nitrogen and oxygen atoms in total. The van der Waals surface area contributed by atoms with E-state index in [1.165, 1.54) is 17.7 Å². The first-order valence-electron chi connectivity index (χ1n) is 6.39. The summed E-state index contributed by atoms with van der Waals surface area (Å²) in [4.78, 5) is 0. The van der Waals surface area contributed by atoms with E-state index in [2.05, 4.69) is 24.4 Å². The summed E-state index contributed by atoms with van der Waals surface area (Å²) in [7, 11) is 0. The molecule has 19 heavy (non-hydrogen) atoms. The number of anilines is 1. The van der Waals surface area contributed by atoms with E-state index in [9.17, 15) is 8.78 Å². The second-order valence-electron chi connectivity index (χ2n) is 4.45. The van der Waals surface area contributed by atoms with Gasteiger partial charge in [0.1, 0.15) is 0 Å². The lowest BCUT2D eigenvalue weighted by Gasteiger charge is -2.08. The topological polar surface area (TPSA) is 12.0 Å². The Labute approximate surface area is 112 Å². The van der Waals surface area contributed by atoms with Crippen LogP contribution in [0.25, 0.3) is 0 Å². The molecule has 0 bridgehead atoms. The van der Waals surface area contributed by atoms with E-state index in [1.807, 2.05) is 12.1 Å². The van der Waals surface area contributed by atoms with Crippen molar-refractivity contribution in [3.8, 4) is 0 Å². The van der Waals surface area contributed by atoms with Gasteiger partial charge in [-0.2, -0.15) is 0 Å². The summed E-state index contributed by atoms with van der Waals surface area (Å²) in [6.45, 7) is 2.75. The average Bonchev–Trinajstić information content (AvgIpc) is 2.46. The number of benzene rings is 2. The van der Waals surface area contributed by atoms with E-state index in [0.717, 1.165) is 17.7 Å². The van der Waals surface area contributed by atoms with Gasteiger partial charge in [0.05, 0.1) is 0 Å². The van der Waals surface area contributed by atoms with E-state index in [1.54, 1.807) is 12.1 Å². The number of hydrogen-bond acceptors (Lipinski definition) is 1. The number of halogens is 2. The van der Waals surface area contributed by atoms with E-state index < -0.39 is 6.43 Å². The maximum absolute atomic E-state index is 12.4. The minimum Gasteiger partial charge on any atom is -0.381 e. The Balaban J connectivity index is 1.98. The summed E-state index contributed by atoms with van der Waals surface area (Å²) in [5.74, 6) is 0. The van der Waals surface area contributed by atoms with Gasteiger partial charge in [-0.25, -0.2) is 8.78 Å². The Bertz CT molecular complexity index is 521. The number of aryl methyl sites for hydroxylation is 1. The van der Waals surface area contributed by atoms with Crippen molar-refractivity contribution in [1.82, 2.24) is 0 Å². The van der Waals surface area contributed by atoms with Crippen molar-refractivity contribution in [2.24, 2.45) is 0 Å². The smallest absolute Gasteiger partial charge is 0.263 e. The average molecular weight is 261 g/mol. The maximum atomic E-state index is 12.4. The molecule has 0 aliphatic heterocycles. The lowest BCUT2D eigenvalue weighted by molar-refractivity contribution is 0.151. The number of nitrogens with one attached hydrogen (secondary N) is 1. The summed E-state index contributed by atoms with van der Waals surface area (Å²) in [5.41, 5.74) is 3.39. The Morgan fingerprint density at radius 2 is 1.74 bits per heavy atom. The second kappa shape index (κ2) is 6.32. The third-order valence-corrected chi connectivity index (χ3v) is 3.06. The summed E-state index contributed by atoms with van der Waals surface area (Å²) in [6, 6.07) is 14.6. The summed E-state index contributed by atoms with van der Waals surface area (Å²) < 4.78 is 24.8. The molecule has 0 saturated heterocycles. The number of rotatable bonds is 5. The largest absolute Gasteiger partial charge is 0.381 e. The van der Waals surface area contributed by atoms with Crippen molar-refractivity contribution in [1.29, 1.82) is 0 Å². The van der Waals surface area contributed by atoms with Crippen molar-refractivity contribution in [2.45, 2.75) is 26.3 Å². The van der Waals surface area contributed by atoms with Crippen molar-refractivity contribution < 1.29 is 8.78 Å². The molecule has 0 aromatic heterocycles. The van der Waals surface area contributed by atoms with Crippen LogP contribution in [0.5, 0.6) is 0 Å². The zero-order valence-corrected chi connectivity index (χ0v) is 10.9. The standard InChI is InChI=1S/C16H17F2N/c1-2-12-4-3-5-15(10-12)19-11-13-6-8-14(9-7-13)16(17)18/h3-10,16,19H,2,11H2,1H3. The fraction of sp³-hybridized carbons (Fsp3) is 0.250. The monoisotopic (exact) mass is 261 g/mol. The second-order valence-corrected chi connectivity index (χ2v) is 4.45. The zero-order valence-electron chi connectivity index (χ0n) is 10.9. The first-order valence-corrected chi connectivity index (χ1v) is 6.39. The summed E-state index contributed by atoms with van der Waals surface area (Å²) in [5, 5.41) is 3.30. The molecule has 100 valence electrons. The normalized spacial score (nSPS) is 10.7. The third-order valence-electron chi connectivity index (χ3n) is 3.06. The number of hydrogen-bond donors (Lipinski definition) is 1. The predicted molar refractivity (Wildman–Crippen MR) is 74.5 cm³/mol. The quantitative estimate of drug-likeness (QED) is 0.815. The first-order chi connectivity index (χ1) is 9.19. The van der Waals surface area contributed by atoms with E-state index in [0.29, 0.717) is 6.54 Å². The fourth-order valence-electron chi connectivity index (χ4n) is 1.89. The maximum Gasteiger partial charge on any atom is 0.263 e. The lowest BCUT2D eigenvalue weighted by atomic mass is 10.1. The fourth-order valence-corrected chi connectivity index (χ4v) is 1.89. The molecule has 0 heterocycles. The number of alkyl halides is 2. The first kappa shape index (κ1) is 13.5. The van der Waals surface area contributed by atoms with Crippen LogP contribution >= 0.6 is 0 Å². The summed E-state index contributed by atoms with van der Waals surface area (Å²) in [6.07, 6.45) is -1.40. The molecule has 0 saturated carbocycles. The van der Waals surface area contributed by atoms with Gasteiger partial charge in [0.2, 0.25) is 0 Å². The SMILES string of the molecule is CCc1cccc(NCc2ccc(C(F)F)cc2)c1. The van der Waals surface area contributed by atoms with Gasteiger partial charge in [-0.15, -0.1) is 0 Å². The van der Waals surface area contributed by atoms with Crippen LogP contribution < -0.4 is 5.32 Å². The van der Waals surface area contributed by atoms with Gasteiger partial charge < -0.3 is 5.32 Å². The van der Waals surface area contributed by atoms with Crippen LogP contribution in [0.2, 0.25) is 0 Å².